The summed E-state index contributed by atoms with van der Waals surface area (Å²) in [6, 6.07) is 0. The van der Waals surface area contributed by atoms with Crippen molar-refractivity contribution in [1.82, 2.24) is 0 Å². The van der Waals surface area contributed by atoms with E-state index in [4.69, 9.17) is 9.47 Å². The van der Waals surface area contributed by atoms with E-state index in [1.54, 1.807) is 0 Å². The fraction of sp³-hybridized carbons (Fsp3) is 0.500. The molecule has 0 rings (SSSR count). The number of allylic oxidation sites excluding steroid dienone is 1. The highest BCUT2D eigenvalue weighted by molar-refractivity contribution is 5.81. The standard InChI is InChI=1S/C16H24O4/c1-6-14(17)19-12-10-13(3)9-8-11-16(4,5)20-15(18)7-2/h6-7,10H,1-2,8-9,11-12H2,3-5H3/b13-10+. The van der Waals surface area contributed by atoms with Gasteiger partial charge in [-0.05, 0) is 46.1 Å². The highest BCUT2D eigenvalue weighted by Gasteiger charge is 2.20. The Balaban J connectivity index is 4.00. The molecule has 0 amide bonds. The second-order valence-electron chi connectivity index (χ2n) is 5.12. The van der Waals surface area contributed by atoms with Gasteiger partial charge < -0.3 is 9.47 Å². The minimum atomic E-state index is -0.499. The smallest absolute Gasteiger partial charge is 0.330 e. The van der Waals surface area contributed by atoms with Crippen LogP contribution in [0.1, 0.15) is 40.0 Å². The quantitative estimate of drug-likeness (QED) is 0.369. The molecule has 0 spiro atoms. The number of carbonyl (C=O) groups excluding carboxylic acids is 2. The maximum Gasteiger partial charge on any atom is 0.330 e. The van der Waals surface area contributed by atoms with Gasteiger partial charge in [0.2, 0.25) is 0 Å². The van der Waals surface area contributed by atoms with E-state index < -0.39 is 17.5 Å². The zero-order valence-electron chi connectivity index (χ0n) is 12.6. The van der Waals surface area contributed by atoms with Crippen LogP contribution in [0.2, 0.25) is 0 Å². The van der Waals surface area contributed by atoms with Crippen LogP contribution in [-0.2, 0) is 19.1 Å². The molecule has 0 aliphatic rings. The van der Waals surface area contributed by atoms with Crippen LogP contribution in [0.25, 0.3) is 0 Å². The number of hydrogen-bond donors (Lipinski definition) is 0. The monoisotopic (exact) mass is 280 g/mol. The largest absolute Gasteiger partial charge is 0.458 e. The van der Waals surface area contributed by atoms with Crippen LogP contribution in [0.5, 0.6) is 0 Å². The number of hydrogen-bond acceptors (Lipinski definition) is 4. The van der Waals surface area contributed by atoms with Crippen LogP contribution in [0.15, 0.2) is 37.0 Å². The Morgan fingerprint density at radius 3 is 2.30 bits per heavy atom. The van der Waals surface area contributed by atoms with E-state index in [9.17, 15) is 9.59 Å². The summed E-state index contributed by atoms with van der Waals surface area (Å²) < 4.78 is 10.1. The second-order valence-corrected chi connectivity index (χ2v) is 5.12. The fourth-order valence-electron chi connectivity index (χ4n) is 1.59. The molecule has 4 nitrogen and oxygen atoms in total. The van der Waals surface area contributed by atoms with E-state index in [-0.39, 0.29) is 6.61 Å². The first-order valence-electron chi connectivity index (χ1n) is 6.61. The predicted octanol–water partition coefficient (Wildman–Crippen LogP) is 3.34. The van der Waals surface area contributed by atoms with Crippen LogP contribution in [-0.4, -0.2) is 24.1 Å². The van der Waals surface area contributed by atoms with Gasteiger partial charge in [-0.2, -0.15) is 0 Å². The van der Waals surface area contributed by atoms with Crippen molar-refractivity contribution in [3.05, 3.63) is 37.0 Å². The molecule has 0 aliphatic carbocycles. The second kappa shape index (κ2) is 9.13. The molecule has 0 heterocycles. The van der Waals surface area contributed by atoms with Gasteiger partial charge in [0.25, 0.3) is 0 Å². The number of esters is 2. The van der Waals surface area contributed by atoms with Crippen LogP contribution < -0.4 is 0 Å². The molecule has 0 fully saturated rings. The zero-order chi connectivity index (χ0) is 15.6. The lowest BCUT2D eigenvalue weighted by atomic mass is 9.99. The third-order valence-corrected chi connectivity index (χ3v) is 2.72. The van der Waals surface area contributed by atoms with Gasteiger partial charge in [-0.15, -0.1) is 0 Å². The van der Waals surface area contributed by atoms with E-state index in [0.717, 1.165) is 30.9 Å². The van der Waals surface area contributed by atoms with E-state index in [1.165, 1.54) is 6.08 Å². The maximum absolute atomic E-state index is 11.1. The molecule has 0 aromatic heterocycles. The number of ether oxygens (including phenoxy) is 2. The maximum atomic E-state index is 11.1. The zero-order valence-corrected chi connectivity index (χ0v) is 12.6. The van der Waals surface area contributed by atoms with Gasteiger partial charge in [-0.3, -0.25) is 0 Å². The molecule has 4 heteroatoms. The normalized spacial score (nSPS) is 11.7. The van der Waals surface area contributed by atoms with Gasteiger partial charge in [0.05, 0.1) is 0 Å². The molecule has 0 radical (unpaired) electrons. The molecule has 0 aromatic carbocycles. The van der Waals surface area contributed by atoms with Gasteiger partial charge in [0, 0.05) is 12.2 Å². The Labute approximate surface area is 121 Å². The van der Waals surface area contributed by atoms with Crippen molar-refractivity contribution in [2.24, 2.45) is 0 Å². The average molecular weight is 280 g/mol. The van der Waals surface area contributed by atoms with E-state index in [0.29, 0.717) is 0 Å². The molecule has 0 unspecified atom stereocenters. The third kappa shape index (κ3) is 9.14. The van der Waals surface area contributed by atoms with Gasteiger partial charge >= 0.3 is 11.9 Å². The lowest BCUT2D eigenvalue weighted by molar-refractivity contribution is -0.150. The minimum absolute atomic E-state index is 0.255. The topological polar surface area (TPSA) is 52.6 Å². The van der Waals surface area contributed by atoms with Crippen LogP contribution in [0, 0.1) is 0 Å². The molecule has 0 bridgehead atoms. The average Bonchev–Trinajstić information content (AvgIpc) is 2.37. The molecule has 20 heavy (non-hydrogen) atoms. The summed E-state index contributed by atoms with van der Waals surface area (Å²) in [4.78, 5) is 22.0. The minimum Gasteiger partial charge on any atom is -0.458 e. The van der Waals surface area contributed by atoms with E-state index >= 15 is 0 Å². The lowest BCUT2D eigenvalue weighted by Gasteiger charge is -2.24. The summed E-state index contributed by atoms with van der Waals surface area (Å²) in [5, 5.41) is 0. The van der Waals surface area contributed by atoms with Crippen molar-refractivity contribution >= 4 is 11.9 Å². The van der Waals surface area contributed by atoms with Crippen LogP contribution >= 0.6 is 0 Å². The summed E-state index contributed by atoms with van der Waals surface area (Å²) in [6.07, 6.45) is 6.67. The van der Waals surface area contributed by atoms with Crippen molar-refractivity contribution < 1.29 is 19.1 Å². The molecule has 0 N–H and O–H groups in total. The van der Waals surface area contributed by atoms with Crippen molar-refractivity contribution in [3.63, 3.8) is 0 Å². The SMILES string of the molecule is C=CC(=O)OC/C=C(\C)CCCC(C)(C)OC(=O)C=C. The summed E-state index contributed by atoms with van der Waals surface area (Å²) in [7, 11) is 0. The van der Waals surface area contributed by atoms with Crippen molar-refractivity contribution in [1.29, 1.82) is 0 Å². The van der Waals surface area contributed by atoms with Gasteiger partial charge in [-0.25, -0.2) is 9.59 Å². The van der Waals surface area contributed by atoms with Crippen molar-refractivity contribution in [3.8, 4) is 0 Å². The third-order valence-electron chi connectivity index (χ3n) is 2.72. The molecule has 112 valence electrons. The number of rotatable bonds is 9. The Kier molecular flexibility index (Phi) is 8.29. The summed E-state index contributed by atoms with van der Waals surface area (Å²) in [6.45, 7) is 12.7. The fourth-order valence-corrected chi connectivity index (χ4v) is 1.59. The first kappa shape index (κ1) is 18.2. The Morgan fingerprint density at radius 1 is 1.15 bits per heavy atom. The molecule has 0 saturated heterocycles. The highest BCUT2D eigenvalue weighted by Crippen LogP contribution is 2.20. The van der Waals surface area contributed by atoms with Gasteiger partial charge in [0.1, 0.15) is 12.2 Å². The summed E-state index contributed by atoms with van der Waals surface area (Å²) >= 11 is 0. The molecular weight excluding hydrogens is 256 g/mol. The highest BCUT2D eigenvalue weighted by atomic mass is 16.6. The van der Waals surface area contributed by atoms with Crippen LogP contribution in [0.3, 0.4) is 0 Å². The van der Waals surface area contributed by atoms with Crippen molar-refractivity contribution in [2.75, 3.05) is 6.61 Å². The van der Waals surface area contributed by atoms with Crippen molar-refractivity contribution in [2.45, 2.75) is 45.6 Å². The van der Waals surface area contributed by atoms with Gasteiger partial charge in [-0.1, -0.05) is 18.7 Å². The summed E-state index contributed by atoms with van der Waals surface area (Å²) in [5.74, 6) is -0.829. The molecule has 0 aliphatic heterocycles. The first-order valence-corrected chi connectivity index (χ1v) is 6.61. The molecule has 0 saturated carbocycles. The Bertz CT molecular complexity index is 391. The van der Waals surface area contributed by atoms with E-state index in [1.807, 2.05) is 26.8 Å². The van der Waals surface area contributed by atoms with E-state index in [2.05, 4.69) is 13.2 Å². The predicted molar refractivity (Wildman–Crippen MR) is 79.1 cm³/mol. The number of carbonyl (C=O) groups is 2. The Morgan fingerprint density at radius 2 is 1.75 bits per heavy atom. The Hall–Kier alpha value is -1.84. The molecular formula is C16H24O4. The first-order chi connectivity index (χ1) is 9.30. The lowest BCUT2D eigenvalue weighted by Crippen LogP contribution is -2.27. The van der Waals surface area contributed by atoms with Crippen LogP contribution in [0.4, 0.5) is 0 Å². The van der Waals surface area contributed by atoms with Gasteiger partial charge in [0.15, 0.2) is 0 Å². The summed E-state index contributed by atoms with van der Waals surface area (Å²) in [5.41, 5.74) is 0.633. The molecule has 0 aromatic rings. The molecule has 0 atom stereocenters.